The van der Waals surface area contributed by atoms with Gasteiger partial charge in [0.2, 0.25) is 0 Å². The van der Waals surface area contributed by atoms with Crippen molar-refractivity contribution in [1.82, 2.24) is 0 Å². The fraction of sp³-hybridized carbons (Fsp3) is 1.00. The average Bonchev–Trinajstić information content (AvgIpc) is 2.69. The Labute approximate surface area is 207 Å². The van der Waals surface area contributed by atoms with Crippen LogP contribution in [0.3, 0.4) is 0 Å². The van der Waals surface area contributed by atoms with Crippen molar-refractivity contribution in [3.8, 4) is 0 Å². The molecule has 0 aliphatic rings. The summed E-state index contributed by atoms with van der Waals surface area (Å²) in [5.74, 6) is 0. The quantitative estimate of drug-likeness (QED) is 0.178. The molecule has 0 aromatic carbocycles. The van der Waals surface area contributed by atoms with Crippen molar-refractivity contribution < 1.29 is 34.1 Å². The van der Waals surface area contributed by atoms with E-state index >= 15 is 0 Å². The van der Waals surface area contributed by atoms with E-state index in [0.29, 0.717) is 0 Å². The first-order valence-electron chi connectivity index (χ1n) is 12.1. The first-order valence-corrected chi connectivity index (χ1v) is 12.1. The summed E-state index contributed by atoms with van der Waals surface area (Å²) >= 11 is 0. The molecule has 0 aliphatic heterocycles. The fourth-order valence-electron chi connectivity index (χ4n) is 1.95. The van der Waals surface area contributed by atoms with E-state index in [4.69, 9.17) is 0 Å². The maximum atomic E-state index is 4.35. The van der Waals surface area contributed by atoms with Crippen LogP contribution in [0.15, 0.2) is 0 Å². The van der Waals surface area contributed by atoms with Gasteiger partial charge in [-0.3, -0.25) is 0 Å². The Bertz CT molecular complexity index is 159. The van der Waals surface area contributed by atoms with Gasteiger partial charge in [-0.25, -0.2) is 0 Å². The number of halogens is 1. The molecule has 0 aliphatic carbocycles. The van der Waals surface area contributed by atoms with Crippen LogP contribution in [-0.4, -0.2) is 39.3 Å². The number of hydrogen-bond donors (Lipinski definition) is 0. The van der Waals surface area contributed by atoms with E-state index in [0.717, 1.165) is 39.3 Å². The van der Waals surface area contributed by atoms with Gasteiger partial charge in [0.05, 0.1) is 0 Å². The second-order valence-electron chi connectivity index (χ2n) is 7.13. The summed E-state index contributed by atoms with van der Waals surface area (Å²) in [7, 11) is 0. The van der Waals surface area contributed by atoms with E-state index < -0.39 is 0 Å². The molecule has 29 heavy (non-hydrogen) atoms. The zero-order valence-electron chi connectivity index (χ0n) is 20.9. The van der Waals surface area contributed by atoms with E-state index in [2.05, 4.69) is 57.5 Å². The van der Waals surface area contributed by atoms with Crippen LogP contribution in [0.4, 0.5) is 0 Å². The molecule has 0 fully saturated rings. The molecule has 0 bridgehead atoms. The molecule has 0 N–H and O–H groups in total. The third-order valence-electron chi connectivity index (χ3n) is 4.02. The van der Waals surface area contributed by atoms with Gasteiger partial charge >= 0.3 is 21.7 Å². The predicted octanol–water partition coefficient (Wildman–Crippen LogP) is 5.88. The van der Waals surface area contributed by atoms with Crippen LogP contribution in [0.5, 0.6) is 0 Å². The van der Waals surface area contributed by atoms with Crippen LogP contribution in [0.1, 0.15) is 119 Å². The van der Waals surface area contributed by atoms with Crippen molar-refractivity contribution in [3.05, 3.63) is 16.0 Å². The van der Waals surface area contributed by atoms with Gasteiger partial charge in [0.15, 0.2) is 0 Å². The van der Waals surface area contributed by atoms with Crippen molar-refractivity contribution in [3.63, 3.8) is 0 Å². The van der Waals surface area contributed by atoms with Gasteiger partial charge < -0.3 is 28.4 Å². The number of nitrogens with zero attached hydrogens (tertiary/aromatic N) is 3. The largest absolute Gasteiger partial charge is 3.00 e. The van der Waals surface area contributed by atoms with Gasteiger partial charge in [0.1, 0.15) is 0 Å². The molecule has 0 aromatic heterocycles. The standard InChI is InChI=1S/3C8H18N.ClH.Ti/c3*1-3-5-7-9-8-6-4-2;;/h3*3-8H2,1-2H3;1H;/q3*-1;;+3/p-1. The van der Waals surface area contributed by atoms with E-state index in [1.165, 1.54) is 77.0 Å². The second-order valence-corrected chi connectivity index (χ2v) is 7.13. The first kappa shape index (κ1) is 40.3. The number of hydrogen-bond acceptors (Lipinski definition) is 0. The Morgan fingerprint density at radius 3 is 0.586 bits per heavy atom. The monoisotopic (exact) mass is 467 g/mol. The average molecular weight is 468 g/mol. The zero-order valence-corrected chi connectivity index (χ0v) is 23.3. The van der Waals surface area contributed by atoms with Crippen LogP contribution in [0, 0.1) is 0 Å². The van der Waals surface area contributed by atoms with Crippen molar-refractivity contribution in [2.45, 2.75) is 119 Å². The maximum absolute atomic E-state index is 4.35. The van der Waals surface area contributed by atoms with Crippen molar-refractivity contribution in [2.75, 3.05) is 39.3 Å². The van der Waals surface area contributed by atoms with E-state index in [1.807, 2.05) is 0 Å². The molecule has 0 saturated heterocycles. The minimum Gasteiger partial charge on any atom is -1.00 e. The minimum atomic E-state index is 0. The van der Waals surface area contributed by atoms with Gasteiger partial charge in [-0.05, 0) is 0 Å². The Balaban J connectivity index is -0.0000000960. The summed E-state index contributed by atoms with van der Waals surface area (Å²) in [5, 5.41) is 13.1. The minimum absolute atomic E-state index is 0. The molecule has 177 valence electrons. The number of unbranched alkanes of at least 4 members (excludes halogenated alkanes) is 6. The van der Waals surface area contributed by atoms with Crippen molar-refractivity contribution in [2.24, 2.45) is 0 Å². The normalized spacial score (nSPS) is 9.31. The molecule has 0 unspecified atom stereocenters. The summed E-state index contributed by atoms with van der Waals surface area (Å²) in [6, 6.07) is 0. The maximum Gasteiger partial charge on any atom is 3.00 e. The summed E-state index contributed by atoms with van der Waals surface area (Å²) in [5.41, 5.74) is 0. The van der Waals surface area contributed by atoms with Gasteiger partial charge in [0, 0.05) is 0 Å². The Kier molecular flexibility index (Phi) is 65.1. The molecule has 0 aromatic rings. The zero-order chi connectivity index (χ0) is 20.8. The van der Waals surface area contributed by atoms with Gasteiger partial charge in [-0.2, -0.15) is 0 Å². The Morgan fingerprint density at radius 2 is 0.483 bits per heavy atom. The van der Waals surface area contributed by atoms with Crippen LogP contribution in [0.2, 0.25) is 0 Å². The second kappa shape index (κ2) is 46.9. The van der Waals surface area contributed by atoms with Gasteiger partial charge in [-0.1, -0.05) is 119 Å². The molecule has 0 spiro atoms. The fourth-order valence-corrected chi connectivity index (χ4v) is 1.95. The summed E-state index contributed by atoms with van der Waals surface area (Å²) in [6.45, 7) is 19.7. The molecule has 5 heteroatoms. The molecule has 0 rings (SSSR count). The summed E-state index contributed by atoms with van der Waals surface area (Å²) < 4.78 is 0. The molecular formula is C24H54ClN3Ti-. The van der Waals surface area contributed by atoms with Crippen molar-refractivity contribution in [1.29, 1.82) is 0 Å². The predicted molar refractivity (Wildman–Crippen MR) is 129 cm³/mol. The van der Waals surface area contributed by atoms with E-state index in [1.54, 1.807) is 0 Å². The first-order chi connectivity index (χ1) is 13.2. The van der Waals surface area contributed by atoms with Crippen LogP contribution in [0.25, 0.3) is 16.0 Å². The van der Waals surface area contributed by atoms with Crippen LogP contribution < -0.4 is 12.4 Å². The molecule has 0 heterocycles. The van der Waals surface area contributed by atoms with E-state index in [9.17, 15) is 0 Å². The molecular weight excluding hydrogens is 414 g/mol. The van der Waals surface area contributed by atoms with E-state index in [-0.39, 0.29) is 34.1 Å². The smallest absolute Gasteiger partial charge is 1.00 e. The van der Waals surface area contributed by atoms with Gasteiger partial charge in [0.25, 0.3) is 0 Å². The third-order valence-corrected chi connectivity index (χ3v) is 4.02. The Morgan fingerprint density at radius 1 is 0.345 bits per heavy atom. The SMILES string of the molecule is CCCC[N-]CCCC.CCCC[N-]CCCC.CCCC[N-]CCCC.[Cl-].[Ti+3]. The molecule has 1 radical (unpaired) electrons. The number of rotatable bonds is 18. The van der Waals surface area contributed by atoms with Crippen LogP contribution in [-0.2, 0) is 21.7 Å². The summed E-state index contributed by atoms with van der Waals surface area (Å²) in [4.78, 5) is 0. The molecule has 0 saturated carbocycles. The van der Waals surface area contributed by atoms with Gasteiger partial charge in [-0.15, -0.1) is 39.3 Å². The Hall–Kier alpha value is 0.884. The summed E-state index contributed by atoms with van der Waals surface area (Å²) in [6.07, 6.45) is 15.2. The topological polar surface area (TPSA) is 42.3 Å². The third kappa shape index (κ3) is 58.5. The van der Waals surface area contributed by atoms with Crippen molar-refractivity contribution >= 4 is 0 Å². The van der Waals surface area contributed by atoms with Crippen LogP contribution >= 0.6 is 0 Å². The molecule has 3 nitrogen and oxygen atoms in total. The molecule has 0 atom stereocenters. The molecule has 0 amide bonds.